The molecule has 0 saturated heterocycles. The maximum Gasteiger partial charge on any atom is 0.315 e. The number of nitrogens with zero attached hydrogens (tertiary/aromatic N) is 2. The fourth-order valence-corrected chi connectivity index (χ4v) is 2.87. The van der Waals surface area contributed by atoms with Gasteiger partial charge in [0, 0.05) is 30.9 Å². The number of ether oxygens (including phenoxy) is 1. The number of hydrogen-bond acceptors (Lipinski definition) is 4. The van der Waals surface area contributed by atoms with Crippen LogP contribution in [0.4, 0.5) is 4.79 Å². The van der Waals surface area contributed by atoms with Gasteiger partial charge < -0.3 is 15.4 Å². The second-order valence-electron chi connectivity index (χ2n) is 5.45. The molecule has 2 N–H and O–H groups in total. The van der Waals surface area contributed by atoms with E-state index in [1.54, 1.807) is 18.5 Å². The van der Waals surface area contributed by atoms with Crippen LogP contribution in [-0.2, 0) is 6.42 Å². The summed E-state index contributed by atoms with van der Waals surface area (Å²) in [6.07, 6.45) is 4.00. The van der Waals surface area contributed by atoms with Gasteiger partial charge in [0.05, 0.1) is 22.5 Å². The standard InChI is InChI=1S/C16H16Cl2N4O2/c1-9-6-19-7-10(21-9)4-5-20-16(23)22-13-8-24-15-11(13)2-3-12(17)14(15)18/h2-3,6-7,13H,4-5,8H2,1H3,(H2,20,22,23). The molecule has 2 heterocycles. The third-order valence-electron chi connectivity index (χ3n) is 3.63. The molecule has 6 nitrogen and oxygen atoms in total. The van der Waals surface area contributed by atoms with Gasteiger partial charge in [-0.1, -0.05) is 29.3 Å². The fraction of sp³-hybridized carbons (Fsp3) is 0.312. The molecule has 0 fully saturated rings. The van der Waals surface area contributed by atoms with Crippen molar-refractivity contribution in [1.29, 1.82) is 0 Å². The topological polar surface area (TPSA) is 76.1 Å². The van der Waals surface area contributed by atoms with Crippen molar-refractivity contribution >= 4 is 29.2 Å². The molecule has 2 amide bonds. The predicted molar refractivity (Wildman–Crippen MR) is 91.7 cm³/mol. The maximum absolute atomic E-state index is 12.0. The van der Waals surface area contributed by atoms with Gasteiger partial charge in [0.25, 0.3) is 0 Å². The number of rotatable bonds is 4. The Bertz CT molecular complexity index is 770. The van der Waals surface area contributed by atoms with Gasteiger partial charge in [-0.05, 0) is 13.0 Å². The smallest absolute Gasteiger partial charge is 0.315 e. The molecule has 1 unspecified atom stereocenters. The zero-order valence-electron chi connectivity index (χ0n) is 13.0. The Balaban J connectivity index is 1.53. The normalized spacial score (nSPS) is 15.5. The molecular formula is C16H16Cl2N4O2. The Labute approximate surface area is 149 Å². The number of hydrogen-bond donors (Lipinski definition) is 2. The van der Waals surface area contributed by atoms with Crippen LogP contribution >= 0.6 is 23.2 Å². The first-order chi connectivity index (χ1) is 11.5. The highest BCUT2D eigenvalue weighted by Crippen LogP contribution is 2.41. The Hall–Kier alpha value is -2.05. The van der Waals surface area contributed by atoms with E-state index in [9.17, 15) is 4.79 Å². The number of nitrogens with one attached hydrogen (secondary N) is 2. The monoisotopic (exact) mass is 366 g/mol. The molecule has 24 heavy (non-hydrogen) atoms. The molecule has 0 spiro atoms. The molecule has 0 saturated carbocycles. The lowest BCUT2D eigenvalue weighted by molar-refractivity contribution is 0.232. The molecule has 2 aromatic rings. The van der Waals surface area contributed by atoms with E-state index >= 15 is 0 Å². The largest absolute Gasteiger partial charge is 0.489 e. The van der Waals surface area contributed by atoms with E-state index in [0.717, 1.165) is 17.0 Å². The summed E-state index contributed by atoms with van der Waals surface area (Å²) in [5.41, 5.74) is 2.52. The molecule has 1 aromatic carbocycles. The number of fused-ring (bicyclic) bond motifs is 1. The first kappa shape index (κ1) is 16.8. The fourth-order valence-electron chi connectivity index (χ4n) is 2.49. The summed E-state index contributed by atoms with van der Waals surface area (Å²) >= 11 is 12.1. The summed E-state index contributed by atoms with van der Waals surface area (Å²) in [7, 11) is 0. The summed E-state index contributed by atoms with van der Waals surface area (Å²) in [6.45, 7) is 2.67. The van der Waals surface area contributed by atoms with Crippen molar-refractivity contribution in [2.24, 2.45) is 0 Å². The van der Waals surface area contributed by atoms with Crippen LogP contribution in [0.3, 0.4) is 0 Å². The lowest BCUT2D eigenvalue weighted by atomic mass is 10.1. The highest BCUT2D eigenvalue weighted by molar-refractivity contribution is 6.43. The number of carbonyl (C=O) groups excluding carboxylic acids is 1. The van der Waals surface area contributed by atoms with Gasteiger partial charge in [0.1, 0.15) is 17.4 Å². The SMILES string of the molecule is Cc1cncc(CCNC(=O)NC2COc3c2ccc(Cl)c3Cl)n1. The maximum atomic E-state index is 12.0. The number of amides is 2. The number of carbonyl (C=O) groups is 1. The Morgan fingerprint density at radius 1 is 1.38 bits per heavy atom. The highest BCUT2D eigenvalue weighted by atomic mass is 35.5. The van der Waals surface area contributed by atoms with Crippen molar-refractivity contribution in [1.82, 2.24) is 20.6 Å². The minimum absolute atomic E-state index is 0.256. The van der Waals surface area contributed by atoms with Crippen LogP contribution in [0.2, 0.25) is 10.0 Å². The molecule has 126 valence electrons. The lowest BCUT2D eigenvalue weighted by Gasteiger charge is -2.13. The van der Waals surface area contributed by atoms with E-state index in [-0.39, 0.29) is 12.1 Å². The van der Waals surface area contributed by atoms with Gasteiger partial charge in [-0.2, -0.15) is 0 Å². The quantitative estimate of drug-likeness (QED) is 0.871. The predicted octanol–water partition coefficient (Wildman–Crippen LogP) is 3.07. The van der Waals surface area contributed by atoms with E-state index in [1.807, 2.05) is 13.0 Å². The molecule has 0 aliphatic carbocycles. The summed E-state index contributed by atoms with van der Waals surface area (Å²) in [6, 6.07) is 2.97. The zero-order valence-corrected chi connectivity index (χ0v) is 14.5. The summed E-state index contributed by atoms with van der Waals surface area (Å²) in [4.78, 5) is 20.5. The van der Waals surface area contributed by atoms with E-state index < -0.39 is 0 Å². The van der Waals surface area contributed by atoms with Gasteiger partial charge in [0.15, 0.2) is 0 Å². The molecule has 0 bridgehead atoms. The van der Waals surface area contributed by atoms with Gasteiger partial charge in [-0.15, -0.1) is 0 Å². The Morgan fingerprint density at radius 2 is 2.21 bits per heavy atom. The molecule has 0 radical (unpaired) electrons. The molecule has 3 rings (SSSR count). The van der Waals surface area contributed by atoms with Gasteiger partial charge in [-0.25, -0.2) is 4.79 Å². The molecule has 1 aliphatic heterocycles. The number of halogens is 2. The zero-order chi connectivity index (χ0) is 17.1. The second-order valence-corrected chi connectivity index (χ2v) is 6.23. The van der Waals surface area contributed by atoms with E-state index in [1.165, 1.54) is 0 Å². The number of benzene rings is 1. The van der Waals surface area contributed by atoms with Crippen molar-refractivity contribution < 1.29 is 9.53 Å². The third kappa shape index (κ3) is 3.71. The van der Waals surface area contributed by atoms with Crippen molar-refractivity contribution in [2.45, 2.75) is 19.4 Å². The first-order valence-corrected chi connectivity index (χ1v) is 8.23. The second kappa shape index (κ2) is 7.23. The number of aryl methyl sites for hydroxylation is 1. The molecular weight excluding hydrogens is 351 g/mol. The van der Waals surface area contributed by atoms with Crippen LogP contribution in [0.25, 0.3) is 0 Å². The minimum atomic E-state index is -0.275. The average molecular weight is 367 g/mol. The van der Waals surface area contributed by atoms with Crippen molar-refractivity contribution in [3.63, 3.8) is 0 Å². The molecule has 1 aromatic heterocycles. The first-order valence-electron chi connectivity index (χ1n) is 7.47. The molecule has 8 heteroatoms. The number of urea groups is 1. The molecule has 1 aliphatic rings. The van der Waals surface area contributed by atoms with Crippen LogP contribution < -0.4 is 15.4 Å². The van der Waals surface area contributed by atoms with Crippen molar-refractivity contribution in [2.75, 3.05) is 13.2 Å². The van der Waals surface area contributed by atoms with Gasteiger partial charge in [0.2, 0.25) is 0 Å². The van der Waals surface area contributed by atoms with Crippen LogP contribution in [-0.4, -0.2) is 29.2 Å². The Kier molecular flexibility index (Phi) is 5.06. The third-order valence-corrected chi connectivity index (χ3v) is 4.41. The Morgan fingerprint density at radius 3 is 3.00 bits per heavy atom. The minimum Gasteiger partial charge on any atom is -0.489 e. The van der Waals surface area contributed by atoms with Gasteiger partial charge in [-0.3, -0.25) is 9.97 Å². The molecule has 1 atom stereocenters. The van der Waals surface area contributed by atoms with Gasteiger partial charge >= 0.3 is 6.03 Å². The van der Waals surface area contributed by atoms with Crippen molar-refractivity contribution in [3.8, 4) is 5.75 Å². The van der Waals surface area contributed by atoms with Crippen LogP contribution in [0, 0.1) is 6.92 Å². The van der Waals surface area contributed by atoms with Crippen LogP contribution in [0.1, 0.15) is 23.0 Å². The summed E-state index contributed by atoms with van der Waals surface area (Å²) < 4.78 is 5.53. The van der Waals surface area contributed by atoms with Crippen LogP contribution in [0.5, 0.6) is 5.75 Å². The average Bonchev–Trinajstić information content (AvgIpc) is 2.94. The summed E-state index contributed by atoms with van der Waals surface area (Å²) in [5, 5.41) is 6.47. The van der Waals surface area contributed by atoms with Crippen molar-refractivity contribution in [3.05, 3.63) is 51.5 Å². The number of aromatic nitrogens is 2. The van der Waals surface area contributed by atoms with E-state index in [2.05, 4.69) is 20.6 Å². The highest BCUT2D eigenvalue weighted by Gasteiger charge is 2.28. The lowest BCUT2D eigenvalue weighted by Crippen LogP contribution is -2.39. The van der Waals surface area contributed by atoms with E-state index in [0.29, 0.717) is 35.4 Å². The summed E-state index contributed by atoms with van der Waals surface area (Å²) in [5.74, 6) is 0.532. The van der Waals surface area contributed by atoms with Crippen LogP contribution in [0.15, 0.2) is 24.5 Å². The van der Waals surface area contributed by atoms with E-state index in [4.69, 9.17) is 27.9 Å².